The lowest BCUT2D eigenvalue weighted by atomic mass is 9.73. The average Bonchev–Trinajstić information content (AvgIpc) is 2.43. The number of hydrogen-bond acceptors (Lipinski definition) is 2. The van der Waals surface area contributed by atoms with E-state index in [1.54, 1.807) is 0 Å². The van der Waals surface area contributed by atoms with Crippen LogP contribution in [0.4, 0.5) is 0 Å². The van der Waals surface area contributed by atoms with Gasteiger partial charge in [-0.3, -0.25) is 9.59 Å². The summed E-state index contributed by atoms with van der Waals surface area (Å²) in [5.41, 5.74) is -0.196. The van der Waals surface area contributed by atoms with Crippen LogP contribution in [0, 0.1) is 0 Å². The Kier molecular flexibility index (Phi) is 6.22. The lowest BCUT2D eigenvalue weighted by Crippen LogP contribution is -2.36. The Morgan fingerprint density at radius 3 is 2.15 bits per heavy atom. The second kappa shape index (κ2) is 7.68. The molecule has 1 aromatic rings. The van der Waals surface area contributed by atoms with Gasteiger partial charge in [-0.2, -0.15) is 0 Å². The molecule has 0 spiro atoms. The first-order chi connectivity index (χ1) is 9.53. The van der Waals surface area contributed by atoms with Crippen molar-refractivity contribution < 1.29 is 19.8 Å². The second-order valence-corrected chi connectivity index (χ2v) is 5.10. The van der Waals surface area contributed by atoms with E-state index >= 15 is 0 Å². The van der Waals surface area contributed by atoms with Gasteiger partial charge in [-0.25, -0.2) is 0 Å². The summed E-state index contributed by atoms with van der Waals surface area (Å²) in [4.78, 5) is 22.5. The van der Waals surface area contributed by atoms with Crippen molar-refractivity contribution in [3.05, 3.63) is 35.9 Å². The fraction of sp³-hybridized carbons (Fsp3) is 0.500. The Bertz CT molecular complexity index is 441. The van der Waals surface area contributed by atoms with Gasteiger partial charge in [-0.15, -0.1) is 0 Å². The van der Waals surface area contributed by atoms with Crippen LogP contribution in [-0.4, -0.2) is 22.2 Å². The fourth-order valence-corrected chi connectivity index (χ4v) is 2.53. The van der Waals surface area contributed by atoms with Gasteiger partial charge in [-0.05, 0) is 24.8 Å². The van der Waals surface area contributed by atoms with Gasteiger partial charge in [0, 0.05) is 6.42 Å². The number of benzene rings is 1. The third kappa shape index (κ3) is 4.08. The molecule has 0 aliphatic rings. The molecule has 0 saturated heterocycles. The van der Waals surface area contributed by atoms with Gasteiger partial charge in [0.15, 0.2) is 0 Å². The summed E-state index contributed by atoms with van der Waals surface area (Å²) in [5, 5.41) is 18.5. The van der Waals surface area contributed by atoms with Crippen LogP contribution in [0.15, 0.2) is 30.3 Å². The van der Waals surface area contributed by atoms with Crippen LogP contribution in [0.2, 0.25) is 0 Å². The summed E-state index contributed by atoms with van der Waals surface area (Å²) in [6.07, 6.45) is 3.02. The van der Waals surface area contributed by atoms with Gasteiger partial charge in [0.25, 0.3) is 0 Å². The maximum atomic E-state index is 11.9. The largest absolute Gasteiger partial charge is 0.481 e. The molecule has 0 radical (unpaired) electrons. The van der Waals surface area contributed by atoms with Crippen molar-refractivity contribution in [2.24, 2.45) is 0 Å². The smallest absolute Gasteiger partial charge is 0.314 e. The van der Waals surface area contributed by atoms with Crippen LogP contribution in [0.3, 0.4) is 0 Å². The summed E-state index contributed by atoms with van der Waals surface area (Å²) in [5.74, 6) is -1.74. The molecule has 0 fully saturated rings. The Hall–Kier alpha value is -1.84. The van der Waals surface area contributed by atoms with Crippen molar-refractivity contribution in [2.45, 2.75) is 50.9 Å². The molecule has 0 saturated carbocycles. The van der Waals surface area contributed by atoms with E-state index in [1.165, 1.54) is 0 Å². The molecule has 1 unspecified atom stereocenters. The first-order valence-corrected chi connectivity index (χ1v) is 7.03. The van der Waals surface area contributed by atoms with Gasteiger partial charge >= 0.3 is 11.9 Å². The topological polar surface area (TPSA) is 74.6 Å². The second-order valence-electron chi connectivity index (χ2n) is 5.10. The zero-order valence-electron chi connectivity index (χ0n) is 11.8. The highest BCUT2D eigenvalue weighted by atomic mass is 16.4. The standard InChI is InChI=1S/C16H22O4/c1-2-3-11-16(15(19)20,12-7-10-14(17)18)13-8-5-4-6-9-13/h4-6,8-9H,2-3,7,10-12H2,1H3,(H,17,18)(H,19,20). The number of rotatable bonds is 9. The third-order valence-electron chi connectivity index (χ3n) is 3.69. The van der Waals surface area contributed by atoms with Crippen molar-refractivity contribution in [3.63, 3.8) is 0 Å². The van der Waals surface area contributed by atoms with E-state index in [0.717, 1.165) is 18.4 Å². The molecule has 2 N–H and O–H groups in total. The molecule has 20 heavy (non-hydrogen) atoms. The van der Waals surface area contributed by atoms with Crippen molar-refractivity contribution >= 4 is 11.9 Å². The molecule has 1 atom stereocenters. The Balaban J connectivity index is 3.01. The van der Waals surface area contributed by atoms with E-state index in [1.807, 2.05) is 37.3 Å². The van der Waals surface area contributed by atoms with E-state index in [-0.39, 0.29) is 6.42 Å². The average molecular weight is 278 g/mol. The quantitative estimate of drug-likeness (QED) is 0.725. The zero-order valence-corrected chi connectivity index (χ0v) is 11.8. The van der Waals surface area contributed by atoms with Crippen molar-refractivity contribution in [1.29, 1.82) is 0 Å². The highest BCUT2D eigenvalue weighted by Gasteiger charge is 2.39. The first kappa shape index (κ1) is 16.2. The minimum Gasteiger partial charge on any atom is -0.481 e. The van der Waals surface area contributed by atoms with Crippen LogP contribution in [0.5, 0.6) is 0 Å². The Morgan fingerprint density at radius 1 is 1.05 bits per heavy atom. The normalized spacial score (nSPS) is 13.7. The van der Waals surface area contributed by atoms with E-state index in [0.29, 0.717) is 19.3 Å². The van der Waals surface area contributed by atoms with Gasteiger partial charge < -0.3 is 10.2 Å². The molecule has 0 bridgehead atoms. The van der Waals surface area contributed by atoms with E-state index in [2.05, 4.69) is 0 Å². The third-order valence-corrected chi connectivity index (χ3v) is 3.69. The molecule has 0 heterocycles. The van der Waals surface area contributed by atoms with Gasteiger partial charge in [0.1, 0.15) is 0 Å². The minimum atomic E-state index is -0.966. The van der Waals surface area contributed by atoms with Crippen LogP contribution < -0.4 is 0 Å². The number of aliphatic carboxylic acids is 2. The molecule has 1 rings (SSSR count). The van der Waals surface area contributed by atoms with Crippen LogP contribution >= 0.6 is 0 Å². The fourth-order valence-electron chi connectivity index (χ4n) is 2.53. The highest BCUT2D eigenvalue weighted by Crippen LogP contribution is 2.35. The van der Waals surface area contributed by atoms with Crippen LogP contribution in [0.25, 0.3) is 0 Å². The predicted octanol–water partition coefficient (Wildman–Crippen LogP) is 3.45. The molecule has 1 aromatic carbocycles. The van der Waals surface area contributed by atoms with Crippen LogP contribution in [-0.2, 0) is 15.0 Å². The Morgan fingerprint density at radius 2 is 1.65 bits per heavy atom. The number of carbonyl (C=O) groups is 2. The number of carboxylic acids is 2. The number of carboxylic acid groups (broad SMARTS) is 2. The van der Waals surface area contributed by atoms with Gasteiger partial charge in [0.05, 0.1) is 5.41 Å². The molecule has 0 aliphatic heterocycles. The lowest BCUT2D eigenvalue weighted by Gasteiger charge is -2.30. The summed E-state index contributed by atoms with van der Waals surface area (Å²) >= 11 is 0. The molecular weight excluding hydrogens is 256 g/mol. The number of hydrogen-bond donors (Lipinski definition) is 2. The van der Waals surface area contributed by atoms with Gasteiger partial charge in [0.2, 0.25) is 0 Å². The molecule has 110 valence electrons. The van der Waals surface area contributed by atoms with E-state index in [4.69, 9.17) is 5.11 Å². The minimum absolute atomic E-state index is 0.00793. The molecule has 0 amide bonds. The predicted molar refractivity (Wildman–Crippen MR) is 76.8 cm³/mol. The van der Waals surface area contributed by atoms with Gasteiger partial charge in [-0.1, -0.05) is 50.1 Å². The lowest BCUT2D eigenvalue weighted by molar-refractivity contribution is -0.145. The monoisotopic (exact) mass is 278 g/mol. The van der Waals surface area contributed by atoms with Crippen molar-refractivity contribution in [1.82, 2.24) is 0 Å². The molecule has 0 aliphatic carbocycles. The van der Waals surface area contributed by atoms with Crippen molar-refractivity contribution in [3.8, 4) is 0 Å². The maximum Gasteiger partial charge on any atom is 0.314 e. The molecule has 0 aromatic heterocycles. The zero-order chi connectivity index (χ0) is 15.0. The molecule has 4 nitrogen and oxygen atoms in total. The first-order valence-electron chi connectivity index (χ1n) is 7.03. The highest BCUT2D eigenvalue weighted by molar-refractivity contribution is 5.81. The van der Waals surface area contributed by atoms with E-state index < -0.39 is 17.4 Å². The summed E-state index contributed by atoms with van der Waals surface area (Å²) in [6, 6.07) is 9.16. The van der Waals surface area contributed by atoms with Crippen LogP contribution in [0.1, 0.15) is 51.0 Å². The summed E-state index contributed by atoms with van der Waals surface area (Å²) in [6.45, 7) is 2.02. The SMILES string of the molecule is CCCCC(CCCC(=O)O)(C(=O)O)c1ccccc1. The molecular formula is C16H22O4. The molecule has 4 heteroatoms. The maximum absolute atomic E-state index is 11.9. The van der Waals surface area contributed by atoms with Crippen molar-refractivity contribution in [2.75, 3.05) is 0 Å². The summed E-state index contributed by atoms with van der Waals surface area (Å²) in [7, 11) is 0. The number of unbranched alkanes of at least 4 members (excludes halogenated alkanes) is 1. The summed E-state index contributed by atoms with van der Waals surface area (Å²) < 4.78 is 0. The Labute approximate surface area is 119 Å². The van der Waals surface area contributed by atoms with E-state index in [9.17, 15) is 14.7 Å².